The number of benzene rings is 1. The Labute approximate surface area is 142 Å². The molecule has 1 aromatic carbocycles. The predicted octanol–water partition coefficient (Wildman–Crippen LogP) is -0.340. The molecule has 1 aliphatic rings. The van der Waals surface area contributed by atoms with Crippen molar-refractivity contribution in [3.8, 4) is 0 Å². The van der Waals surface area contributed by atoms with Crippen molar-refractivity contribution in [2.24, 2.45) is 0 Å². The van der Waals surface area contributed by atoms with Crippen LogP contribution in [0, 0.1) is 0 Å². The van der Waals surface area contributed by atoms with Gasteiger partial charge in [0.05, 0.1) is 12.3 Å². The number of aromatic nitrogens is 5. The van der Waals surface area contributed by atoms with Crippen LogP contribution in [0.5, 0.6) is 0 Å². The van der Waals surface area contributed by atoms with Crippen LogP contribution in [0.2, 0.25) is 0 Å². The van der Waals surface area contributed by atoms with Gasteiger partial charge >= 0.3 is 0 Å². The minimum Gasteiger partial charge on any atom is -0.390 e. The number of carbonyl (C=O) groups is 1. The van der Waals surface area contributed by atoms with Crippen molar-refractivity contribution >= 4 is 16.9 Å². The third-order valence-corrected chi connectivity index (χ3v) is 4.27. The third kappa shape index (κ3) is 3.21. The minimum atomic E-state index is -0.645. The van der Waals surface area contributed by atoms with E-state index in [1.165, 1.54) is 6.20 Å². The Kier molecular flexibility index (Phi) is 4.12. The number of amides is 1. The summed E-state index contributed by atoms with van der Waals surface area (Å²) in [5.74, 6) is -0.238. The molecule has 2 aromatic heterocycles. The van der Waals surface area contributed by atoms with Gasteiger partial charge in [0.1, 0.15) is 11.0 Å². The fraction of sp³-hybridized carbons (Fsp3) is 0.400. The summed E-state index contributed by atoms with van der Waals surface area (Å²) in [5, 5.41) is 28.0. The van der Waals surface area contributed by atoms with Gasteiger partial charge in [-0.3, -0.25) is 9.69 Å². The van der Waals surface area contributed by atoms with Crippen LogP contribution < -0.4 is 0 Å². The lowest BCUT2D eigenvalue weighted by Crippen LogP contribution is -2.37. The van der Waals surface area contributed by atoms with Crippen LogP contribution in [0.4, 0.5) is 0 Å². The molecule has 10 heteroatoms. The summed E-state index contributed by atoms with van der Waals surface area (Å²) in [4.78, 5) is 16.1. The predicted molar refractivity (Wildman–Crippen MR) is 85.4 cm³/mol. The summed E-state index contributed by atoms with van der Waals surface area (Å²) in [6.07, 6.45) is 0.739. The quantitative estimate of drug-likeness (QED) is 0.662. The highest BCUT2D eigenvalue weighted by atomic mass is 16.6. The summed E-state index contributed by atoms with van der Waals surface area (Å²) in [5.41, 5.74) is 2.65. The molecule has 25 heavy (non-hydrogen) atoms. The first-order valence-electron chi connectivity index (χ1n) is 7.96. The number of β-amino-alcohol motifs (C(OH)–C–C–N with tert-alkyl or cyclic N) is 1. The Morgan fingerprint density at radius 3 is 3.08 bits per heavy atom. The largest absolute Gasteiger partial charge is 0.390 e. The Balaban J connectivity index is 1.48. The second-order valence-corrected chi connectivity index (χ2v) is 6.04. The normalized spacial score (nSPS) is 19.2. The van der Waals surface area contributed by atoms with Gasteiger partial charge < -0.3 is 10.0 Å². The Morgan fingerprint density at radius 2 is 2.24 bits per heavy atom. The molecule has 3 heterocycles. The molecule has 0 spiro atoms. The van der Waals surface area contributed by atoms with Crippen LogP contribution in [-0.4, -0.2) is 78.8 Å². The second kappa shape index (κ2) is 6.57. The summed E-state index contributed by atoms with van der Waals surface area (Å²) in [6, 6.07) is 5.70. The maximum atomic E-state index is 12.4. The van der Waals surface area contributed by atoms with E-state index in [1.54, 1.807) is 4.90 Å². The lowest BCUT2D eigenvalue weighted by atomic mass is 10.1. The number of hydrogen-bond donors (Lipinski definition) is 2. The molecule has 0 radical (unpaired) electrons. The minimum absolute atomic E-state index is 0.238. The van der Waals surface area contributed by atoms with Gasteiger partial charge in [-0.2, -0.15) is 15.4 Å². The molecular weight excluding hydrogens is 326 g/mol. The number of H-pyrrole nitrogens is 1. The maximum Gasteiger partial charge on any atom is 0.276 e. The van der Waals surface area contributed by atoms with Crippen molar-refractivity contribution < 1.29 is 14.5 Å². The molecule has 1 unspecified atom stereocenters. The molecule has 1 fully saturated rings. The Bertz CT molecular complexity index is 863. The number of hydrogen-bond acceptors (Lipinski definition) is 8. The zero-order valence-electron chi connectivity index (χ0n) is 13.4. The van der Waals surface area contributed by atoms with E-state index in [0.717, 1.165) is 11.1 Å². The standard InChI is InChI=1S/C15H17N7O3/c23-11-8-21(7-10-2-1-3-12-14(10)19-25-18-12)4-5-22(9-11)15(24)13-6-16-20-17-13/h1-3,6,11,23H,4-5,7-9H2,(H,16,17,20). The molecule has 0 aliphatic carbocycles. The van der Waals surface area contributed by atoms with E-state index in [1.807, 2.05) is 18.2 Å². The van der Waals surface area contributed by atoms with Gasteiger partial charge in [0, 0.05) is 32.7 Å². The van der Waals surface area contributed by atoms with E-state index >= 15 is 0 Å². The number of aromatic amines is 1. The number of aliphatic hydroxyl groups excluding tert-OH is 1. The average Bonchev–Trinajstić information content (AvgIpc) is 3.26. The molecule has 4 rings (SSSR count). The zero-order valence-corrected chi connectivity index (χ0v) is 13.4. The second-order valence-electron chi connectivity index (χ2n) is 6.04. The van der Waals surface area contributed by atoms with Gasteiger partial charge in [-0.05, 0) is 21.9 Å². The molecule has 0 bridgehead atoms. The topological polar surface area (TPSA) is 124 Å². The van der Waals surface area contributed by atoms with Crippen molar-refractivity contribution in [2.45, 2.75) is 12.6 Å². The first kappa shape index (κ1) is 15.7. The molecule has 2 N–H and O–H groups in total. The molecule has 1 amide bonds. The number of rotatable bonds is 3. The van der Waals surface area contributed by atoms with E-state index in [9.17, 15) is 9.90 Å². The molecule has 1 aliphatic heterocycles. The van der Waals surface area contributed by atoms with Crippen LogP contribution >= 0.6 is 0 Å². The van der Waals surface area contributed by atoms with E-state index in [4.69, 9.17) is 4.63 Å². The SMILES string of the molecule is O=C(c1cn[nH]n1)N1CCN(Cc2cccc3nonc23)CC(O)C1. The van der Waals surface area contributed by atoms with E-state index < -0.39 is 6.10 Å². The van der Waals surface area contributed by atoms with Gasteiger partial charge in [-0.25, -0.2) is 4.63 Å². The van der Waals surface area contributed by atoms with Gasteiger partial charge in [-0.1, -0.05) is 12.1 Å². The summed E-state index contributed by atoms with van der Waals surface area (Å²) in [7, 11) is 0. The van der Waals surface area contributed by atoms with Crippen LogP contribution in [-0.2, 0) is 6.54 Å². The molecular formula is C15H17N7O3. The highest BCUT2D eigenvalue weighted by molar-refractivity contribution is 5.91. The van der Waals surface area contributed by atoms with Crippen LogP contribution in [0.1, 0.15) is 16.1 Å². The summed E-state index contributed by atoms with van der Waals surface area (Å²) < 4.78 is 4.79. The van der Waals surface area contributed by atoms with E-state index in [-0.39, 0.29) is 18.1 Å². The monoisotopic (exact) mass is 343 g/mol. The van der Waals surface area contributed by atoms with Crippen LogP contribution in [0.25, 0.3) is 11.0 Å². The fourth-order valence-electron chi connectivity index (χ4n) is 3.08. The van der Waals surface area contributed by atoms with Crippen molar-refractivity contribution in [1.82, 2.24) is 35.5 Å². The molecule has 10 nitrogen and oxygen atoms in total. The number of fused-ring (bicyclic) bond motifs is 1. The maximum absolute atomic E-state index is 12.4. The van der Waals surface area contributed by atoms with Crippen molar-refractivity contribution in [3.05, 3.63) is 35.7 Å². The highest BCUT2D eigenvalue weighted by Crippen LogP contribution is 2.18. The highest BCUT2D eigenvalue weighted by Gasteiger charge is 2.26. The number of nitrogens with one attached hydrogen (secondary N) is 1. The molecule has 3 aromatic rings. The number of aliphatic hydroxyl groups is 1. The number of nitrogens with zero attached hydrogens (tertiary/aromatic N) is 6. The van der Waals surface area contributed by atoms with E-state index in [0.29, 0.717) is 31.7 Å². The van der Waals surface area contributed by atoms with Crippen molar-refractivity contribution in [3.63, 3.8) is 0 Å². The zero-order chi connectivity index (χ0) is 17.2. The van der Waals surface area contributed by atoms with Crippen LogP contribution in [0.15, 0.2) is 29.0 Å². The lowest BCUT2D eigenvalue weighted by molar-refractivity contribution is 0.0657. The third-order valence-electron chi connectivity index (χ3n) is 4.27. The van der Waals surface area contributed by atoms with E-state index in [2.05, 4.69) is 30.6 Å². The smallest absolute Gasteiger partial charge is 0.276 e. The number of carbonyl (C=O) groups excluding carboxylic acids is 1. The van der Waals surface area contributed by atoms with Crippen molar-refractivity contribution in [1.29, 1.82) is 0 Å². The molecule has 130 valence electrons. The van der Waals surface area contributed by atoms with Gasteiger partial charge in [0.2, 0.25) is 0 Å². The summed E-state index contributed by atoms with van der Waals surface area (Å²) in [6.45, 7) is 2.44. The molecule has 0 saturated carbocycles. The first-order chi connectivity index (χ1) is 12.2. The molecule has 1 saturated heterocycles. The summed E-state index contributed by atoms with van der Waals surface area (Å²) >= 11 is 0. The lowest BCUT2D eigenvalue weighted by Gasteiger charge is -2.21. The Hall–Kier alpha value is -2.85. The van der Waals surface area contributed by atoms with Gasteiger partial charge in [-0.15, -0.1) is 0 Å². The average molecular weight is 343 g/mol. The molecule has 1 atom stereocenters. The Morgan fingerprint density at radius 1 is 1.32 bits per heavy atom. The fourth-order valence-corrected chi connectivity index (χ4v) is 3.08. The van der Waals surface area contributed by atoms with Crippen LogP contribution in [0.3, 0.4) is 0 Å². The first-order valence-corrected chi connectivity index (χ1v) is 7.96. The van der Waals surface area contributed by atoms with Gasteiger partial charge in [0.15, 0.2) is 5.69 Å². The van der Waals surface area contributed by atoms with Gasteiger partial charge in [0.25, 0.3) is 5.91 Å². The van der Waals surface area contributed by atoms with Crippen molar-refractivity contribution in [2.75, 3.05) is 26.2 Å².